The van der Waals surface area contributed by atoms with Crippen molar-refractivity contribution in [3.8, 4) is 11.3 Å². The molecule has 1 atom stereocenters. The highest BCUT2D eigenvalue weighted by molar-refractivity contribution is 6.14. The van der Waals surface area contributed by atoms with Crippen molar-refractivity contribution in [2.24, 2.45) is 0 Å². The van der Waals surface area contributed by atoms with Gasteiger partial charge in [0.15, 0.2) is 5.76 Å². The summed E-state index contributed by atoms with van der Waals surface area (Å²) in [6.07, 6.45) is 0. The van der Waals surface area contributed by atoms with Crippen LogP contribution in [0.5, 0.6) is 0 Å². The average Bonchev–Trinajstić information content (AvgIpc) is 3.31. The number of esters is 4. The number of nitrogens with one attached hydrogen (secondary N) is 2. The zero-order valence-electron chi connectivity index (χ0n) is 20.8. The van der Waals surface area contributed by atoms with Gasteiger partial charge >= 0.3 is 23.9 Å². The normalized spacial score (nSPS) is 11.1. The van der Waals surface area contributed by atoms with Gasteiger partial charge < -0.3 is 34.0 Å². The number of hydrogen-bond acceptors (Lipinski definition) is 11. The second kappa shape index (κ2) is 12.9. The van der Waals surface area contributed by atoms with Crippen molar-refractivity contribution in [2.45, 2.75) is 19.9 Å². The van der Waals surface area contributed by atoms with Crippen LogP contribution >= 0.6 is 0 Å². The molecule has 0 fully saturated rings. The first kappa shape index (κ1) is 28.6. The van der Waals surface area contributed by atoms with Crippen molar-refractivity contribution in [1.82, 2.24) is 10.6 Å². The maximum absolute atomic E-state index is 13.1. The van der Waals surface area contributed by atoms with Crippen molar-refractivity contribution < 1.29 is 52.1 Å². The summed E-state index contributed by atoms with van der Waals surface area (Å²) >= 11 is 0. The summed E-state index contributed by atoms with van der Waals surface area (Å²) < 4.78 is 24.5. The maximum Gasteiger partial charge on any atom is 0.375 e. The SMILES string of the molecule is CCOC(=O)c1oc(-c2ccccc2C(=O)NC(C)C(=O)NCC(=O)OC)c(C(=O)OC)c1C(=O)OC. The highest BCUT2D eigenvalue weighted by Gasteiger charge is 2.37. The average molecular weight is 518 g/mol. The Hall–Kier alpha value is -4.68. The number of carbonyl (C=O) groups is 6. The monoisotopic (exact) mass is 518 g/mol. The van der Waals surface area contributed by atoms with Crippen molar-refractivity contribution in [2.75, 3.05) is 34.5 Å². The van der Waals surface area contributed by atoms with E-state index in [1.807, 2.05) is 0 Å². The van der Waals surface area contributed by atoms with Gasteiger partial charge in [0, 0.05) is 5.56 Å². The third-order valence-corrected chi connectivity index (χ3v) is 4.94. The molecule has 0 aliphatic heterocycles. The lowest BCUT2D eigenvalue weighted by Crippen LogP contribution is -2.46. The molecule has 0 bridgehead atoms. The molecule has 1 aromatic heterocycles. The lowest BCUT2D eigenvalue weighted by atomic mass is 9.99. The highest BCUT2D eigenvalue weighted by Crippen LogP contribution is 2.35. The van der Waals surface area contributed by atoms with Crippen LogP contribution in [-0.4, -0.2) is 76.2 Å². The molecule has 0 aliphatic carbocycles. The Kier molecular flexibility index (Phi) is 9.92. The lowest BCUT2D eigenvalue weighted by molar-refractivity contribution is -0.141. The number of methoxy groups -OCH3 is 3. The summed E-state index contributed by atoms with van der Waals surface area (Å²) in [7, 11) is 3.25. The Morgan fingerprint density at radius 2 is 1.51 bits per heavy atom. The van der Waals surface area contributed by atoms with Crippen molar-refractivity contribution in [1.29, 1.82) is 0 Å². The number of hydrogen-bond donors (Lipinski definition) is 2. The Morgan fingerprint density at radius 3 is 2.11 bits per heavy atom. The third-order valence-electron chi connectivity index (χ3n) is 4.94. The summed E-state index contributed by atoms with van der Waals surface area (Å²) in [5, 5.41) is 4.78. The fraction of sp³-hybridized carbons (Fsp3) is 0.333. The van der Waals surface area contributed by atoms with Gasteiger partial charge in [-0.1, -0.05) is 18.2 Å². The molecule has 2 rings (SSSR count). The summed E-state index contributed by atoms with van der Waals surface area (Å²) in [6, 6.07) is 4.72. The number of rotatable bonds is 10. The van der Waals surface area contributed by atoms with Gasteiger partial charge in [-0.3, -0.25) is 14.4 Å². The molecule has 2 amide bonds. The van der Waals surface area contributed by atoms with E-state index in [2.05, 4.69) is 15.4 Å². The van der Waals surface area contributed by atoms with E-state index in [1.165, 1.54) is 38.1 Å². The molecule has 2 aromatic rings. The van der Waals surface area contributed by atoms with E-state index in [0.717, 1.165) is 21.3 Å². The highest BCUT2D eigenvalue weighted by atomic mass is 16.6. The van der Waals surface area contributed by atoms with Crippen LogP contribution in [0.15, 0.2) is 28.7 Å². The molecule has 1 heterocycles. The van der Waals surface area contributed by atoms with Crippen molar-refractivity contribution in [3.63, 3.8) is 0 Å². The van der Waals surface area contributed by atoms with Gasteiger partial charge in [-0.25, -0.2) is 14.4 Å². The molecule has 1 unspecified atom stereocenters. The van der Waals surface area contributed by atoms with Gasteiger partial charge in [-0.15, -0.1) is 0 Å². The molecule has 37 heavy (non-hydrogen) atoms. The van der Waals surface area contributed by atoms with Gasteiger partial charge in [0.25, 0.3) is 5.91 Å². The van der Waals surface area contributed by atoms with Gasteiger partial charge in [-0.2, -0.15) is 0 Å². The zero-order valence-corrected chi connectivity index (χ0v) is 20.8. The molecule has 0 aliphatic rings. The van der Waals surface area contributed by atoms with Gasteiger partial charge in [0.05, 0.1) is 33.5 Å². The van der Waals surface area contributed by atoms with E-state index in [-0.39, 0.29) is 23.5 Å². The van der Waals surface area contributed by atoms with E-state index >= 15 is 0 Å². The van der Waals surface area contributed by atoms with Crippen LogP contribution in [0.1, 0.15) is 55.5 Å². The van der Waals surface area contributed by atoms with Crippen LogP contribution < -0.4 is 10.6 Å². The first-order valence-electron chi connectivity index (χ1n) is 10.9. The molecule has 0 spiro atoms. The number of furan rings is 1. The minimum atomic E-state index is -1.08. The first-order chi connectivity index (χ1) is 17.6. The molecule has 13 nitrogen and oxygen atoms in total. The van der Waals surface area contributed by atoms with Crippen LogP contribution in [0.4, 0.5) is 0 Å². The molecular weight excluding hydrogens is 492 g/mol. The number of carbonyl (C=O) groups excluding carboxylic acids is 6. The van der Waals surface area contributed by atoms with Crippen LogP contribution in [0.3, 0.4) is 0 Å². The Balaban J connectivity index is 2.58. The maximum atomic E-state index is 13.1. The predicted octanol–water partition coefficient (Wildman–Crippen LogP) is 1.10. The fourth-order valence-electron chi connectivity index (χ4n) is 3.16. The third kappa shape index (κ3) is 6.51. The molecule has 0 radical (unpaired) electrons. The topological polar surface area (TPSA) is 177 Å². The molecular formula is C24H26N2O11. The molecule has 1 aromatic carbocycles. The van der Waals surface area contributed by atoms with Crippen LogP contribution in [0.2, 0.25) is 0 Å². The van der Waals surface area contributed by atoms with E-state index in [9.17, 15) is 28.8 Å². The number of amides is 2. The number of ether oxygens (including phenoxy) is 4. The molecule has 0 saturated heterocycles. The van der Waals surface area contributed by atoms with Gasteiger partial charge in [0.2, 0.25) is 11.7 Å². The van der Waals surface area contributed by atoms with Crippen LogP contribution in [-0.2, 0) is 28.5 Å². The standard InChI is InChI=1S/C24H26N2O11/c1-6-36-24(32)19-17(23(31)35-5)16(22(30)34-4)18(37-19)13-9-7-8-10-14(13)21(29)26-12(2)20(28)25-11-15(27)33-3/h7-10,12H,6,11H2,1-5H3,(H,25,28)(H,26,29). The summed E-state index contributed by atoms with van der Waals surface area (Å²) in [4.78, 5) is 74.4. The minimum Gasteiger partial charge on any atom is -0.468 e. The molecule has 198 valence electrons. The Labute approximate surface area is 211 Å². The Bertz CT molecular complexity index is 1220. The quantitative estimate of drug-likeness (QED) is 0.340. The smallest absolute Gasteiger partial charge is 0.375 e. The summed E-state index contributed by atoms with van der Waals surface area (Å²) in [5.41, 5.74) is -1.06. The number of benzene rings is 1. The zero-order chi connectivity index (χ0) is 27.7. The van der Waals surface area contributed by atoms with Crippen molar-refractivity contribution in [3.05, 3.63) is 46.7 Å². The van der Waals surface area contributed by atoms with E-state index < -0.39 is 65.2 Å². The van der Waals surface area contributed by atoms with Crippen LogP contribution in [0.25, 0.3) is 11.3 Å². The van der Waals surface area contributed by atoms with Crippen LogP contribution in [0, 0.1) is 0 Å². The van der Waals surface area contributed by atoms with E-state index in [4.69, 9.17) is 18.6 Å². The predicted molar refractivity (Wildman–Crippen MR) is 125 cm³/mol. The largest absolute Gasteiger partial charge is 0.468 e. The van der Waals surface area contributed by atoms with Gasteiger partial charge in [0.1, 0.15) is 23.7 Å². The second-order valence-corrected chi connectivity index (χ2v) is 7.25. The minimum absolute atomic E-state index is 0.00303. The molecule has 2 N–H and O–H groups in total. The van der Waals surface area contributed by atoms with E-state index in [0.29, 0.717) is 0 Å². The van der Waals surface area contributed by atoms with Gasteiger partial charge in [-0.05, 0) is 19.9 Å². The Morgan fingerprint density at radius 1 is 0.892 bits per heavy atom. The van der Waals surface area contributed by atoms with Crippen molar-refractivity contribution >= 4 is 35.7 Å². The molecule has 0 saturated carbocycles. The van der Waals surface area contributed by atoms with E-state index in [1.54, 1.807) is 0 Å². The first-order valence-corrected chi connectivity index (χ1v) is 10.9. The fourth-order valence-corrected chi connectivity index (χ4v) is 3.16. The summed E-state index contributed by atoms with van der Waals surface area (Å²) in [6.45, 7) is 2.46. The lowest BCUT2D eigenvalue weighted by Gasteiger charge is -2.15. The summed E-state index contributed by atoms with van der Waals surface area (Å²) in [5.74, 6) is -6.21. The second-order valence-electron chi connectivity index (χ2n) is 7.25. The molecule has 13 heteroatoms.